The number of hydrogen-bond donors (Lipinski definition) is 1. The number of anilines is 1. The molecule has 5 nitrogen and oxygen atoms in total. The number of hydrogen-bond acceptors (Lipinski definition) is 5. The Morgan fingerprint density at radius 2 is 2.22 bits per heavy atom. The minimum atomic E-state index is 0.443. The molecule has 0 radical (unpaired) electrons. The molecule has 92 valence electrons. The van der Waals surface area contributed by atoms with Crippen LogP contribution in [-0.4, -0.2) is 14.6 Å². The molecule has 0 spiro atoms. The summed E-state index contributed by atoms with van der Waals surface area (Å²) in [6, 6.07) is 7.91. The van der Waals surface area contributed by atoms with Crippen LogP contribution in [0.3, 0.4) is 0 Å². The first-order chi connectivity index (χ1) is 8.72. The molecule has 0 aliphatic heterocycles. The van der Waals surface area contributed by atoms with Crippen molar-refractivity contribution in [2.75, 3.05) is 5.73 Å². The standard InChI is InChI=1S/C12H12N4OS/c1-8-4-2-3-5-9(8)17-7-11-15-16-6-10(13)14-12(16)18-11/h2-6H,7,13H2,1H3. The number of nitrogen functional groups attached to an aromatic ring is 1. The van der Waals surface area contributed by atoms with Gasteiger partial charge in [0.1, 0.15) is 18.2 Å². The van der Waals surface area contributed by atoms with Gasteiger partial charge in [-0.15, -0.1) is 0 Å². The largest absolute Gasteiger partial charge is 0.486 e. The van der Waals surface area contributed by atoms with Gasteiger partial charge < -0.3 is 10.5 Å². The van der Waals surface area contributed by atoms with E-state index in [1.807, 2.05) is 31.2 Å². The molecule has 6 heteroatoms. The first-order valence-electron chi connectivity index (χ1n) is 5.51. The van der Waals surface area contributed by atoms with E-state index in [0.717, 1.165) is 21.3 Å². The summed E-state index contributed by atoms with van der Waals surface area (Å²) in [6.45, 7) is 2.46. The Morgan fingerprint density at radius 3 is 3.00 bits per heavy atom. The third kappa shape index (κ3) is 2.02. The molecule has 0 aliphatic carbocycles. The number of benzene rings is 1. The number of para-hydroxylation sites is 1. The van der Waals surface area contributed by atoms with Crippen LogP contribution in [0.2, 0.25) is 0 Å². The molecular weight excluding hydrogens is 248 g/mol. The van der Waals surface area contributed by atoms with Gasteiger partial charge in [0.05, 0.1) is 6.20 Å². The van der Waals surface area contributed by atoms with Gasteiger partial charge in [-0.2, -0.15) is 5.10 Å². The highest BCUT2D eigenvalue weighted by Crippen LogP contribution is 2.20. The maximum atomic E-state index is 5.73. The maximum Gasteiger partial charge on any atom is 0.214 e. The second kappa shape index (κ2) is 4.30. The molecule has 2 aromatic heterocycles. The Hall–Kier alpha value is -2.08. The minimum Gasteiger partial charge on any atom is -0.486 e. The van der Waals surface area contributed by atoms with Crippen LogP contribution in [0.15, 0.2) is 30.5 Å². The minimum absolute atomic E-state index is 0.443. The molecule has 2 heterocycles. The smallest absolute Gasteiger partial charge is 0.214 e. The molecule has 0 aliphatic rings. The third-order valence-corrected chi connectivity index (χ3v) is 3.44. The fourth-order valence-electron chi connectivity index (χ4n) is 1.67. The van der Waals surface area contributed by atoms with Crippen molar-refractivity contribution in [1.29, 1.82) is 0 Å². The van der Waals surface area contributed by atoms with Gasteiger partial charge >= 0.3 is 0 Å². The average molecular weight is 260 g/mol. The topological polar surface area (TPSA) is 65.4 Å². The number of rotatable bonds is 3. The fourth-order valence-corrected chi connectivity index (χ4v) is 2.47. The van der Waals surface area contributed by atoms with E-state index in [0.29, 0.717) is 12.4 Å². The van der Waals surface area contributed by atoms with Crippen molar-refractivity contribution < 1.29 is 4.74 Å². The van der Waals surface area contributed by atoms with Gasteiger partial charge in [-0.05, 0) is 18.6 Å². The Bertz CT molecular complexity index is 657. The van der Waals surface area contributed by atoms with Crippen LogP contribution in [0.5, 0.6) is 5.75 Å². The normalized spacial score (nSPS) is 10.9. The van der Waals surface area contributed by atoms with Crippen molar-refractivity contribution in [2.45, 2.75) is 13.5 Å². The molecule has 0 saturated carbocycles. The zero-order valence-electron chi connectivity index (χ0n) is 9.83. The lowest BCUT2D eigenvalue weighted by Gasteiger charge is -2.06. The predicted molar refractivity (Wildman–Crippen MR) is 70.8 cm³/mol. The highest BCUT2D eigenvalue weighted by molar-refractivity contribution is 7.16. The van der Waals surface area contributed by atoms with Gasteiger partial charge in [0.2, 0.25) is 4.96 Å². The summed E-state index contributed by atoms with van der Waals surface area (Å²) >= 11 is 1.48. The van der Waals surface area contributed by atoms with Crippen molar-refractivity contribution in [3.05, 3.63) is 41.0 Å². The monoisotopic (exact) mass is 260 g/mol. The van der Waals surface area contributed by atoms with E-state index in [1.54, 1.807) is 10.7 Å². The second-order valence-corrected chi connectivity index (χ2v) is 4.98. The predicted octanol–water partition coefficient (Wildman–Crippen LogP) is 2.26. The first-order valence-corrected chi connectivity index (χ1v) is 6.33. The molecule has 3 aromatic rings. The van der Waals surface area contributed by atoms with Gasteiger partial charge in [0.15, 0.2) is 5.01 Å². The first kappa shape index (κ1) is 11.0. The Labute approximate surface area is 108 Å². The molecule has 18 heavy (non-hydrogen) atoms. The van der Waals surface area contributed by atoms with Crippen molar-refractivity contribution in [3.8, 4) is 5.75 Å². The van der Waals surface area contributed by atoms with Crippen LogP contribution in [0.4, 0.5) is 5.82 Å². The zero-order valence-corrected chi connectivity index (χ0v) is 10.6. The molecule has 3 rings (SSSR count). The van der Waals surface area contributed by atoms with Crippen LogP contribution in [0.1, 0.15) is 10.6 Å². The summed E-state index contributed by atoms with van der Waals surface area (Å²) in [5.74, 6) is 1.37. The number of nitrogens with zero attached hydrogens (tertiary/aromatic N) is 3. The van der Waals surface area contributed by atoms with Crippen LogP contribution < -0.4 is 10.5 Å². The molecule has 1 aromatic carbocycles. The summed E-state index contributed by atoms with van der Waals surface area (Å²) in [7, 11) is 0. The van der Waals surface area contributed by atoms with E-state index in [4.69, 9.17) is 10.5 Å². The lowest BCUT2D eigenvalue weighted by atomic mass is 10.2. The maximum absolute atomic E-state index is 5.73. The van der Waals surface area contributed by atoms with E-state index in [9.17, 15) is 0 Å². The van der Waals surface area contributed by atoms with Gasteiger partial charge in [-0.1, -0.05) is 29.5 Å². The number of nitrogens with two attached hydrogens (primary N) is 1. The molecule has 2 N–H and O–H groups in total. The van der Waals surface area contributed by atoms with Gasteiger partial charge in [0.25, 0.3) is 0 Å². The molecule has 0 amide bonds. The molecule has 0 fully saturated rings. The Balaban J connectivity index is 1.76. The van der Waals surface area contributed by atoms with E-state index in [-0.39, 0.29) is 0 Å². The van der Waals surface area contributed by atoms with Crippen LogP contribution >= 0.6 is 11.3 Å². The molecular formula is C12H12N4OS. The molecule has 0 saturated heterocycles. The molecule has 0 atom stereocenters. The number of imidazole rings is 1. The van der Waals surface area contributed by atoms with Gasteiger partial charge in [-0.3, -0.25) is 0 Å². The second-order valence-electron chi connectivity index (χ2n) is 3.94. The third-order valence-electron chi connectivity index (χ3n) is 2.55. The van der Waals surface area contributed by atoms with Crippen molar-refractivity contribution >= 4 is 22.1 Å². The highest BCUT2D eigenvalue weighted by Gasteiger charge is 2.07. The summed E-state index contributed by atoms with van der Waals surface area (Å²) in [4.78, 5) is 4.94. The number of aromatic nitrogens is 3. The van der Waals surface area contributed by atoms with E-state index in [1.165, 1.54) is 11.3 Å². The summed E-state index contributed by atoms with van der Waals surface area (Å²) in [6.07, 6.45) is 1.70. The quantitative estimate of drug-likeness (QED) is 0.784. The van der Waals surface area contributed by atoms with Crippen LogP contribution in [0, 0.1) is 6.92 Å². The zero-order chi connectivity index (χ0) is 12.5. The lowest BCUT2D eigenvalue weighted by Crippen LogP contribution is -1.97. The molecule has 0 unspecified atom stereocenters. The van der Waals surface area contributed by atoms with E-state index in [2.05, 4.69) is 10.1 Å². The van der Waals surface area contributed by atoms with Crippen molar-refractivity contribution in [2.24, 2.45) is 0 Å². The average Bonchev–Trinajstić information content (AvgIpc) is 2.84. The van der Waals surface area contributed by atoms with Gasteiger partial charge in [0, 0.05) is 0 Å². The number of ether oxygens (including phenoxy) is 1. The SMILES string of the molecule is Cc1ccccc1OCc1nn2cc(N)nc2s1. The lowest BCUT2D eigenvalue weighted by molar-refractivity contribution is 0.302. The Morgan fingerprint density at radius 1 is 1.39 bits per heavy atom. The van der Waals surface area contributed by atoms with Gasteiger partial charge in [-0.25, -0.2) is 9.50 Å². The van der Waals surface area contributed by atoms with Crippen LogP contribution in [0.25, 0.3) is 4.96 Å². The summed E-state index contributed by atoms with van der Waals surface area (Å²) in [5.41, 5.74) is 6.69. The number of fused-ring (bicyclic) bond motifs is 1. The van der Waals surface area contributed by atoms with E-state index < -0.39 is 0 Å². The molecule has 0 bridgehead atoms. The highest BCUT2D eigenvalue weighted by atomic mass is 32.1. The fraction of sp³-hybridized carbons (Fsp3) is 0.167. The van der Waals surface area contributed by atoms with Crippen molar-refractivity contribution in [1.82, 2.24) is 14.6 Å². The summed E-state index contributed by atoms with van der Waals surface area (Å²) in [5, 5.41) is 5.22. The summed E-state index contributed by atoms with van der Waals surface area (Å²) < 4.78 is 7.40. The van der Waals surface area contributed by atoms with Crippen molar-refractivity contribution in [3.63, 3.8) is 0 Å². The van der Waals surface area contributed by atoms with Crippen LogP contribution in [-0.2, 0) is 6.61 Å². The van der Waals surface area contributed by atoms with E-state index >= 15 is 0 Å². The number of aryl methyl sites for hydroxylation is 1. The Kier molecular flexibility index (Phi) is 2.64.